The number of carbonyl (C=O) groups is 1. The predicted molar refractivity (Wildman–Crippen MR) is 60.6 cm³/mol. The summed E-state index contributed by atoms with van der Waals surface area (Å²) in [6, 6.07) is 4.70. The quantitative estimate of drug-likeness (QED) is 0.764. The molecule has 1 aliphatic rings. The van der Waals surface area contributed by atoms with Crippen LogP contribution in [0.15, 0.2) is 18.2 Å². The first kappa shape index (κ1) is 10.8. The SMILES string of the molecule is Nc1cc(OCC2CCC2)ccc1C(=O)O. The Morgan fingerprint density at radius 2 is 2.25 bits per heavy atom. The van der Waals surface area contributed by atoms with E-state index in [4.69, 9.17) is 15.6 Å². The molecule has 0 aliphatic heterocycles. The van der Waals surface area contributed by atoms with Crippen molar-refractivity contribution in [1.82, 2.24) is 0 Å². The summed E-state index contributed by atoms with van der Waals surface area (Å²) in [5, 5.41) is 8.80. The van der Waals surface area contributed by atoms with E-state index >= 15 is 0 Å². The first-order valence-electron chi connectivity index (χ1n) is 5.42. The van der Waals surface area contributed by atoms with E-state index in [1.54, 1.807) is 12.1 Å². The second-order valence-corrected chi connectivity index (χ2v) is 4.16. The van der Waals surface area contributed by atoms with E-state index < -0.39 is 5.97 Å². The van der Waals surface area contributed by atoms with E-state index in [2.05, 4.69) is 0 Å². The smallest absolute Gasteiger partial charge is 0.337 e. The molecule has 0 amide bonds. The van der Waals surface area contributed by atoms with Gasteiger partial charge in [-0.25, -0.2) is 4.79 Å². The van der Waals surface area contributed by atoms with Crippen molar-refractivity contribution in [2.75, 3.05) is 12.3 Å². The lowest BCUT2D eigenvalue weighted by atomic mass is 9.86. The van der Waals surface area contributed by atoms with Crippen molar-refractivity contribution >= 4 is 11.7 Å². The Labute approximate surface area is 94.0 Å². The Morgan fingerprint density at radius 3 is 2.75 bits per heavy atom. The third-order valence-corrected chi connectivity index (χ3v) is 2.96. The minimum Gasteiger partial charge on any atom is -0.493 e. The summed E-state index contributed by atoms with van der Waals surface area (Å²) in [7, 11) is 0. The van der Waals surface area contributed by atoms with E-state index in [1.807, 2.05) is 0 Å². The molecule has 0 saturated heterocycles. The molecule has 1 aliphatic carbocycles. The van der Waals surface area contributed by atoms with Gasteiger partial charge < -0.3 is 15.6 Å². The Bertz CT molecular complexity index is 399. The summed E-state index contributed by atoms with van der Waals surface area (Å²) in [4.78, 5) is 10.7. The summed E-state index contributed by atoms with van der Waals surface area (Å²) in [6.45, 7) is 0.700. The molecule has 1 saturated carbocycles. The Hall–Kier alpha value is -1.71. The molecule has 4 nitrogen and oxygen atoms in total. The minimum atomic E-state index is -1.01. The highest BCUT2D eigenvalue weighted by Gasteiger charge is 2.18. The highest BCUT2D eigenvalue weighted by molar-refractivity contribution is 5.93. The molecule has 1 aromatic rings. The van der Waals surface area contributed by atoms with Crippen molar-refractivity contribution in [3.05, 3.63) is 23.8 Å². The van der Waals surface area contributed by atoms with E-state index in [1.165, 1.54) is 25.3 Å². The van der Waals surface area contributed by atoms with E-state index in [0.717, 1.165) is 0 Å². The van der Waals surface area contributed by atoms with Crippen LogP contribution >= 0.6 is 0 Å². The summed E-state index contributed by atoms with van der Waals surface area (Å²) in [5.74, 6) is 0.290. The van der Waals surface area contributed by atoms with Crippen LogP contribution < -0.4 is 10.5 Å². The summed E-state index contributed by atoms with van der Waals surface area (Å²) in [6.07, 6.45) is 3.74. The lowest BCUT2D eigenvalue weighted by Crippen LogP contribution is -2.19. The second-order valence-electron chi connectivity index (χ2n) is 4.16. The first-order valence-corrected chi connectivity index (χ1v) is 5.42. The summed E-state index contributed by atoms with van der Waals surface area (Å²) < 4.78 is 5.55. The molecule has 0 aromatic heterocycles. The first-order chi connectivity index (χ1) is 7.66. The van der Waals surface area contributed by atoms with Gasteiger partial charge in [-0.3, -0.25) is 0 Å². The number of carboxylic acids is 1. The highest BCUT2D eigenvalue weighted by atomic mass is 16.5. The van der Waals surface area contributed by atoms with Gasteiger partial charge in [-0.2, -0.15) is 0 Å². The average molecular weight is 221 g/mol. The molecule has 16 heavy (non-hydrogen) atoms. The van der Waals surface area contributed by atoms with E-state index in [0.29, 0.717) is 18.3 Å². The van der Waals surface area contributed by atoms with Crippen molar-refractivity contribution in [2.24, 2.45) is 5.92 Å². The number of hydrogen-bond acceptors (Lipinski definition) is 3. The molecule has 86 valence electrons. The third kappa shape index (κ3) is 2.27. The van der Waals surface area contributed by atoms with Crippen molar-refractivity contribution in [2.45, 2.75) is 19.3 Å². The molecule has 3 N–H and O–H groups in total. The molecule has 0 heterocycles. The standard InChI is InChI=1S/C12H15NO3/c13-11-6-9(4-5-10(11)12(14)15)16-7-8-2-1-3-8/h4-6,8H,1-3,7,13H2,(H,14,15). The lowest BCUT2D eigenvalue weighted by Gasteiger charge is -2.25. The van der Waals surface area contributed by atoms with Crippen LogP contribution in [-0.2, 0) is 0 Å². The van der Waals surface area contributed by atoms with Gasteiger partial charge in [-0.15, -0.1) is 0 Å². The fourth-order valence-corrected chi connectivity index (χ4v) is 1.70. The van der Waals surface area contributed by atoms with Gasteiger partial charge in [-0.05, 0) is 30.9 Å². The predicted octanol–water partition coefficient (Wildman–Crippen LogP) is 2.15. The molecule has 1 aromatic carbocycles. The van der Waals surface area contributed by atoms with Crippen LogP contribution in [0, 0.1) is 5.92 Å². The topological polar surface area (TPSA) is 72.5 Å². The van der Waals surface area contributed by atoms with Crippen LogP contribution in [0.3, 0.4) is 0 Å². The molecule has 2 rings (SSSR count). The summed E-state index contributed by atoms with van der Waals surface area (Å²) >= 11 is 0. The number of benzene rings is 1. The number of rotatable bonds is 4. The van der Waals surface area contributed by atoms with Crippen LogP contribution in [0.2, 0.25) is 0 Å². The van der Waals surface area contributed by atoms with Crippen LogP contribution in [0.4, 0.5) is 5.69 Å². The second kappa shape index (κ2) is 4.43. The van der Waals surface area contributed by atoms with Gasteiger partial charge in [0.05, 0.1) is 12.2 Å². The number of hydrogen-bond donors (Lipinski definition) is 2. The largest absolute Gasteiger partial charge is 0.493 e. The van der Waals surface area contributed by atoms with Crippen molar-refractivity contribution in [3.63, 3.8) is 0 Å². The molecule has 0 radical (unpaired) electrons. The van der Waals surface area contributed by atoms with Crippen molar-refractivity contribution in [1.29, 1.82) is 0 Å². The maximum atomic E-state index is 10.7. The minimum absolute atomic E-state index is 0.121. The van der Waals surface area contributed by atoms with Gasteiger partial charge in [0.25, 0.3) is 0 Å². The lowest BCUT2D eigenvalue weighted by molar-refractivity contribution is 0.0698. The fraction of sp³-hybridized carbons (Fsp3) is 0.417. The number of aromatic carboxylic acids is 1. The van der Waals surface area contributed by atoms with Crippen LogP contribution in [-0.4, -0.2) is 17.7 Å². The van der Waals surface area contributed by atoms with Crippen LogP contribution in [0.25, 0.3) is 0 Å². The molecule has 0 atom stereocenters. The maximum absolute atomic E-state index is 10.7. The van der Waals surface area contributed by atoms with Crippen LogP contribution in [0.1, 0.15) is 29.6 Å². The van der Waals surface area contributed by atoms with Gasteiger partial charge in [0, 0.05) is 11.8 Å². The van der Waals surface area contributed by atoms with Crippen LogP contribution in [0.5, 0.6) is 5.75 Å². The fourth-order valence-electron chi connectivity index (χ4n) is 1.70. The summed E-state index contributed by atoms with van der Waals surface area (Å²) in [5.41, 5.74) is 5.98. The molecule has 0 unspecified atom stereocenters. The van der Waals surface area contributed by atoms with E-state index in [-0.39, 0.29) is 11.3 Å². The zero-order valence-corrected chi connectivity index (χ0v) is 8.98. The van der Waals surface area contributed by atoms with Gasteiger partial charge >= 0.3 is 5.97 Å². The zero-order valence-electron chi connectivity index (χ0n) is 8.98. The molecule has 4 heteroatoms. The molecular formula is C12H15NO3. The molecule has 0 bridgehead atoms. The van der Waals surface area contributed by atoms with Gasteiger partial charge in [0.15, 0.2) is 0 Å². The number of anilines is 1. The Morgan fingerprint density at radius 1 is 1.50 bits per heavy atom. The van der Waals surface area contributed by atoms with E-state index in [9.17, 15) is 4.79 Å². The number of carboxylic acid groups (broad SMARTS) is 1. The molecule has 1 fully saturated rings. The molecule has 0 spiro atoms. The maximum Gasteiger partial charge on any atom is 0.337 e. The number of nitrogens with two attached hydrogens (primary N) is 1. The number of ether oxygens (including phenoxy) is 1. The Kier molecular flexibility index (Phi) is 2.99. The van der Waals surface area contributed by atoms with Crippen molar-refractivity contribution < 1.29 is 14.6 Å². The van der Waals surface area contributed by atoms with Gasteiger partial charge in [0.1, 0.15) is 5.75 Å². The van der Waals surface area contributed by atoms with Gasteiger partial charge in [0.2, 0.25) is 0 Å². The average Bonchev–Trinajstić information content (AvgIpc) is 2.14. The normalized spacial score (nSPS) is 15.5. The Balaban J connectivity index is 1.99. The van der Waals surface area contributed by atoms with Gasteiger partial charge in [-0.1, -0.05) is 6.42 Å². The monoisotopic (exact) mass is 221 g/mol. The van der Waals surface area contributed by atoms with Crippen molar-refractivity contribution in [3.8, 4) is 5.75 Å². The molecular weight excluding hydrogens is 206 g/mol. The zero-order chi connectivity index (χ0) is 11.5. The number of nitrogen functional groups attached to an aromatic ring is 1. The highest BCUT2D eigenvalue weighted by Crippen LogP contribution is 2.28. The third-order valence-electron chi connectivity index (χ3n) is 2.96.